The largest absolute Gasteiger partial charge is 0.433 e. The lowest BCUT2D eigenvalue weighted by atomic mass is 10.2. The summed E-state index contributed by atoms with van der Waals surface area (Å²) in [4.78, 5) is 3.37. The van der Waals surface area contributed by atoms with Crippen LogP contribution in [0.2, 0.25) is 10.0 Å². The first-order valence-corrected chi connectivity index (χ1v) is 7.45. The van der Waals surface area contributed by atoms with Crippen molar-refractivity contribution in [3.63, 3.8) is 0 Å². The predicted molar refractivity (Wildman–Crippen MR) is 88.8 cm³/mol. The molecule has 1 aromatic heterocycles. The highest BCUT2D eigenvalue weighted by Crippen LogP contribution is 2.30. The Morgan fingerprint density at radius 1 is 1.17 bits per heavy atom. The molecule has 0 fully saturated rings. The molecule has 0 amide bonds. The molecule has 0 saturated heterocycles. The van der Waals surface area contributed by atoms with E-state index in [0.717, 1.165) is 6.20 Å². The van der Waals surface area contributed by atoms with Crippen molar-refractivity contribution in [1.29, 1.82) is 0 Å². The minimum atomic E-state index is -4.52. The molecule has 0 aliphatic rings. The first-order valence-electron chi connectivity index (χ1n) is 6.29. The standard InChI is InChI=1S/C14H10Cl2F3N3S/c15-9-4-1-5-10(11(9)16)22-13(23)21-7-8-3-2-6-20-12(8)14(17,18)19/h1-6H,7H2,(H2,21,22,23). The zero-order valence-electron chi connectivity index (χ0n) is 11.4. The molecule has 122 valence electrons. The number of alkyl halides is 3. The van der Waals surface area contributed by atoms with Gasteiger partial charge in [0.25, 0.3) is 0 Å². The van der Waals surface area contributed by atoms with Crippen LogP contribution in [0.25, 0.3) is 0 Å². The number of rotatable bonds is 3. The number of anilines is 1. The number of aromatic nitrogens is 1. The van der Waals surface area contributed by atoms with Crippen LogP contribution in [-0.4, -0.2) is 10.1 Å². The van der Waals surface area contributed by atoms with Gasteiger partial charge >= 0.3 is 6.18 Å². The number of thiocarbonyl (C=S) groups is 1. The lowest BCUT2D eigenvalue weighted by Gasteiger charge is -2.15. The zero-order valence-corrected chi connectivity index (χ0v) is 13.7. The van der Waals surface area contributed by atoms with Crippen LogP contribution >= 0.6 is 35.4 Å². The topological polar surface area (TPSA) is 37.0 Å². The molecular formula is C14H10Cl2F3N3S. The molecule has 2 aromatic rings. The highest BCUT2D eigenvalue weighted by molar-refractivity contribution is 7.80. The van der Waals surface area contributed by atoms with Crippen molar-refractivity contribution >= 4 is 46.2 Å². The first kappa shape index (κ1) is 17.8. The van der Waals surface area contributed by atoms with E-state index in [1.807, 2.05) is 0 Å². The second kappa shape index (κ2) is 7.33. The molecule has 0 aliphatic carbocycles. The van der Waals surface area contributed by atoms with Gasteiger partial charge in [-0.15, -0.1) is 0 Å². The molecule has 1 aromatic carbocycles. The summed E-state index contributed by atoms with van der Waals surface area (Å²) < 4.78 is 38.5. The van der Waals surface area contributed by atoms with E-state index in [1.165, 1.54) is 12.1 Å². The quantitative estimate of drug-likeness (QED) is 0.744. The third-order valence-electron chi connectivity index (χ3n) is 2.80. The van der Waals surface area contributed by atoms with Crippen LogP contribution in [0, 0.1) is 0 Å². The maximum atomic E-state index is 12.8. The van der Waals surface area contributed by atoms with Crippen molar-refractivity contribution in [2.75, 3.05) is 5.32 Å². The molecule has 0 saturated carbocycles. The maximum absolute atomic E-state index is 12.8. The monoisotopic (exact) mass is 379 g/mol. The Morgan fingerprint density at radius 2 is 1.91 bits per heavy atom. The Labute approximate surface area is 145 Å². The Bertz CT molecular complexity index is 723. The third-order valence-corrected chi connectivity index (χ3v) is 3.86. The fourth-order valence-electron chi connectivity index (χ4n) is 1.78. The van der Waals surface area contributed by atoms with Crippen LogP contribution in [0.15, 0.2) is 36.5 Å². The number of halogens is 5. The molecule has 0 radical (unpaired) electrons. The second-order valence-electron chi connectivity index (χ2n) is 4.42. The summed E-state index contributed by atoms with van der Waals surface area (Å²) in [5.74, 6) is 0. The average molecular weight is 380 g/mol. The second-order valence-corrected chi connectivity index (χ2v) is 5.61. The lowest BCUT2D eigenvalue weighted by molar-refractivity contribution is -0.141. The summed E-state index contributed by atoms with van der Waals surface area (Å²) in [6.45, 7) is -0.132. The van der Waals surface area contributed by atoms with Gasteiger partial charge in [0.05, 0.1) is 15.7 Å². The van der Waals surface area contributed by atoms with E-state index < -0.39 is 11.9 Å². The van der Waals surface area contributed by atoms with Crippen LogP contribution in [0.5, 0.6) is 0 Å². The van der Waals surface area contributed by atoms with Crippen LogP contribution in [0.4, 0.5) is 18.9 Å². The normalized spacial score (nSPS) is 11.2. The van der Waals surface area contributed by atoms with E-state index in [2.05, 4.69) is 15.6 Å². The van der Waals surface area contributed by atoms with E-state index in [1.54, 1.807) is 18.2 Å². The smallest absolute Gasteiger partial charge is 0.358 e. The predicted octanol–water partition coefficient (Wildman–Crippen LogP) is 4.89. The first-order chi connectivity index (χ1) is 10.8. The van der Waals surface area contributed by atoms with Crippen molar-refractivity contribution in [2.45, 2.75) is 12.7 Å². The molecule has 9 heteroatoms. The molecule has 2 rings (SSSR count). The Hall–Kier alpha value is -1.57. The van der Waals surface area contributed by atoms with Gasteiger partial charge in [0.1, 0.15) is 5.69 Å². The molecule has 23 heavy (non-hydrogen) atoms. The zero-order chi connectivity index (χ0) is 17.0. The molecule has 0 spiro atoms. The fourth-order valence-corrected chi connectivity index (χ4v) is 2.31. The molecule has 0 unspecified atom stereocenters. The molecule has 0 aliphatic heterocycles. The minimum Gasteiger partial charge on any atom is -0.358 e. The summed E-state index contributed by atoms with van der Waals surface area (Å²) >= 11 is 16.9. The highest BCUT2D eigenvalue weighted by atomic mass is 35.5. The van der Waals surface area contributed by atoms with E-state index in [4.69, 9.17) is 35.4 Å². The lowest BCUT2D eigenvalue weighted by Crippen LogP contribution is -2.29. The van der Waals surface area contributed by atoms with Crippen molar-refractivity contribution in [3.8, 4) is 0 Å². The highest BCUT2D eigenvalue weighted by Gasteiger charge is 2.34. The van der Waals surface area contributed by atoms with Gasteiger partial charge in [-0.2, -0.15) is 13.2 Å². The van der Waals surface area contributed by atoms with Gasteiger partial charge in [-0.1, -0.05) is 35.3 Å². The van der Waals surface area contributed by atoms with Gasteiger partial charge in [0, 0.05) is 18.3 Å². The summed E-state index contributed by atoms with van der Waals surface area (Å²) in [6, 6.07) is 7.68. The van der Waals surface area contributed by atoms with Crippen LogP contribution in [0.3, 0.4) is 0 Å². The average Bonchev–Trinajstić information content (AvgIpc) is 2.49. The van der Waals surface area contributed by atoms with Crippen molar-refractivity contribution in [3.05, 3.63) is 57.8 Å². The number of nitrogens with zero attached hydrogens (tertiary/aromatic N) is 1. The van der Waals surface area contributed by atoms with Gasteiger partial charge in [-0.05, 0) is 30.4 Å². The minimum absolute atomic E-state index is 0.0126. The van der Waals surface area contributed by atoms with Crippen molar-refractivity contribution < 1.29 is 13.2 Å². The van der Waals surface area contributed by atoms with Crippen molar-refractivity contribution in [2.24, 2.45) is 0 Å². The van der Waals surface area contributed by atoms with E-state index in [0.29, 0.717) is 10.7 Å². The van der Waals surface area contributed by atoms with Gasteiger partial charge in [0.15, 0.2) is 5.11 Å². The molecule has 3 nitrogen and oxygen atoms in total. The van der Waals surface area contributed by atoms with Crippen molar-refractivity contribution in [1.82, 2.24) is 10.3 Å². The molecular weight excluding hydrogens is 370 g/mol. The third kappa shape index (κ3) is 4.70. The van der Waals surface area contributed by atoms with Gasteiger partial charge in [-0.25, -0.2) is 0 Å². The Morgan fingerprint density at radius 3 is 2.61 bits per heavy atom. The van der Waals surface area contributed by atoms with E-state index in [9.17, 15) is 13.2 Å². The SMILES string of the molecule is FC(F)(F)c1ncccc1CNC(=S)Nc1cccc(Cl)c1Cl. The molecule has 2 N–H and O–H groups in total. The van der Waals surface area contributed by atoms with Gasteiger partial charge in [-0.3, -0.25) is 4.98 Å². The maximum Gasteiger partial charge on any atom is 0.433 e. The fraction of sp³-hybridized carbons (Fsp3) is 0.143. The number of nitrogens with one attached hydrogen (secondary N) is 2. The number of hydrogen-bond acceptors (Lipinski definition) is 2. The number of hydrogen-bond donors (Lipinski definition) is 2. The van der Waals surface area contributed by atoms with E-state index >= 15 is 0 Å². The number of pyridine rings is 1. The molecule has 1 heterocycles. The summed E-state index contributed by atoms with van der Waals surface area (Å²) in [5.41, 5.74) is -0.503. The van der Waals surface area contributed by atoms with Crippen LogP contribution in [-0.2, 0) is 12.7 Å². The van der Waals surface area contributed by atoms with Crippen LogP contribution in [0.1, 0.15) is 11.3 Å². The number of benzene rings is 1. The Kier molecular flexibility index (Phi) is 5.67. The summed E-state index contributed by atoms with van der Waals surface area (Å²) in [7, 11) is 0. The summed E-state index contributed by atoms with van der Waals surface area (Å²) in [6.07, 6.45) is -3.43. The van der Waals surface area contributed by atoms with Crippen LogP contribution < -0.4 is 10.6 Å². The van der Waals surface area contributed by atoms with Gasteiger partial charge in [0.2, 0.25) is 0 Å². The molecule has 0 bridgehead atoms. The molecule has 0 atom stereocenters. The summed E-state index contributed by atoms with van der Waals surface area (Å²) in [5, 5.41) is 6.20. The van der Waals surface area contributed by atoms with Gasteiger partial charge < -0.3 is 10.6 Å². The van der Waals surface area contributed by atoms with E-state index in [-0.39, 0.29) is 22.2 Å². The Balaban J connectivity index is 2.04.